The quantitative estimate of drug-likeness (QED) is 0.522. The number of carbonyl (C=O) groups excluding carboxylic acids is 1. The molecule has 0 fully saturated rings. The van der Waals surface area contributed by atoms with Gasteiger partial charge in [0.2, 0.25) is 5.91 Å². The number of nitrogens with two attached hydrogens (primary N) is 1. The van der Waals surface area contributed by atoms with Crippen molar-refractivity contribution in [3.63, 3.8) is 0 Å². The fraction of sp³-hybridized carbons (Fsp3) is 0.889. The molecule has 0 unspecified atom stereocenters. The molecule has 14 heavy (non-hydrogen) atoms. The molecule has 0 aliphatic heterocycles. The molecule has 0 heterocycles. The van der Waals surface area contributed by atoms with E-state index in [4.69, 9.17) is 10.5 Å². The van der Waals surface area contributed by atoms with Gasteiger partial charge in [-0.25, -0.2) is 0 Å². The van der Waals surface area contributed by atoms with Crippen molar-refractivity contribution in [1.29, 1.82) is 0 Å². The van der Waals surface area contributed by atoms with Gasteiger partial charge < -0.3 is 20.7 Å². The van der Waals surface area contributed by atoms with Gasteiger partial charge in [-0.15, -0.1) is 0 Å². The van der Waals surface area contributed by atoms with E-state index in [1.54, 1.807) is 6.92 Å². The zero-order valence-electron chi connectivity index (χ0n) is 9.25. The van der Waals surface area contributed by atoms with E-state index in [1.807, 2.05) is 19.0 Å². The molecule has 5 heteroatoms. The van der Waals surface area contributed by atoms with Gasteiger partial charge in [-0.1, -0.05) is 0 Å². The van der Waals surface area contributed by atoms with Crippen molar-refractivity contribution >= 4 is 5.91 Å². The first-order valence-corrected chi connectivity index (χ1v) is 4.80. The number of ether oxygens (including phenoxy) is 1. The standard InChI is InChI=1S/C9H21N3O2/c1-8(10)9(13)11-4-6-14-7-5-12(2)3/h8H,4-7,10H2,1-3H3,(H,11,13)/t8-/m1/s1. The first kappa shape index (κ1) is 13.4. The molecule has 0 aliphatic carbocycles. The number of rotatable bonds is 7. The molecule has 0 rings (SSSR count). The molecule has 0 aromatic heterocycles. The molecule has 3 N–H and O–H groups in total. The summed E-state index contributed by atoms with van der Waals surface area (Å²) in [4.78, 5) is 13.0. The first-order chi connectivity index (χ1) is 6.54. The predicted molar refractivity (Wildman–Crippen MR) is 56.0 cm³/mol. The molecule has 0 spiro atoms. The number of carbonyl (C=O) groups is 1. The summed E-state index contributed by atoms with van der Waals surface area (Å²) in [5.74, 6) is -0.138. The summed E-state index contributed by atoms with van der Waals surface area (Å²) in [5.41, 5.74) is 5.36. The van der Waals surface area contributed by atoms with Gasteiger partial charge >= 0.3 is 0 Å². The minimum absolute atomic E-state index is 0.138. The Labute approximate surface area is 85.6 Å². The van der Waals surface area contributed by atoms with Gasteiger partial charge in [0, 0.05) is 13.1 Å². The van der Waals surface area contributed by atoms with Crippen LogP contribution in [0.3, 0.4) is 0 Å². The van der Waals surface area contributed by atoms with E-state index >= 15 is 0 Å². The molecular weight excluding hydrogens is 182 g/mol. The fourth-order valence-electron chi connectivity index (χ4n) is 0.757. The Morgan fingerprint density at radius 3 is 2.64 bits per heavy atom. The Bertz CT molecular complexity index is 160. The first-order valence-electron chi connectivity index (χ1n) is 4.80. The number of nitrogens with zero attached hydrogens (tertiary/aromatic N) is 1. The van der Waals surface area contributed by atoms with Crippen molar-refractivity contribution in [2.24, 2.45) is 5.73 Å². The van der Waals surface area contributed by atoms with E-state index in [0.717, 1.165) is 6.54 Å². The van der Waals surface area contributed by atoms with E-state index in [9.17, 15) is 4.79 Å². The molecule has 1 amide bonds. The van der Waals surface area contributed by atoms with Gasteiger partial charge in [0.1, 0.15) is 0 Å². The van der Waals surface area contributed by atoms with Crippen molar-refractivity contribution in [2.45, 2.75) is 13.0 Å². The van der Waals surface area contributed by atoms with Gasteiger partial charge in [-0.05, 0) is 21.0 Å². The molecule has 0 bridgehead atoms. The molecule has 1 atom stereocenters. The van der Waals surface area contributed by atoms with E-state index in [2.05, 4.69) is 5.32 Å². The summed E-state index contributed by atoms with van der Waals surface area (Å²) in [7, 11) is 3.97. The summed E-state index contributed by atoms with van der Waals surface area (Å²) in [6.07, 6.45) is 0. The van der Waals surface area contributed by atoms with Crippen molar-refractivity contribution < 1.29 is 9.53 Å². The van der Waals surface area contributed by atoms with Crippen LogP contribution in [0, 0.1) is 0 Å². The number of nitrogens with one attached hydrogen (secondary N) is 1. The van der Waals surface area contributed by atoms with Gasteiger partial charge in [-0.3, -0.25) is 4.79 Å². The third-order valence-corrected chi connectivity index (χ3v) is 1.64. The highest BCUT2D eigenvalue weighted by Gasteiger charge is 2.04. The summed E-state index contributed by atoms with van der Waals surface area (Å²) >= 11 is 0. The normalized spacial score (nSPS) is 12.9. The molecule has 0 aromatic rings. The van der Waals surface area contributed by atoms with Gasteiger partial charge in [0.25, 0.3) is 0 Å². The monoisotopic (exact) mass is 203 g/mol. The lowest BCUT2D eigenvalue weighted by Crippen LogP contribution is -2.39. The second-order valence-electron chi connectivity index (χ2n) is 3.50. The van der Waals surface area contributed by atoms with Crippen molar-refractivity contribution in [3.8, 4) is 0 Å². The Balaban J connectivity index is 3.18. The van der Waals surface area contributed by atoms with E-state index in [1.165, 1.54) is 0 Å². The third kappa shape index (κ3) is 7.97. The van der Waals surface area contributed by atoms with Crippen LogP contribution in [-0.2, 0) is 9.53 Å². The number of amides is 1. The van der Waals surface area contributed by atoms with Crippen molar-refractivity contribution in [3.05, 3.63) is 0 Å². The lowest BCUT2D eigenvalue weighted by Gasteiger charge is -2.10. The van der Waals surface area contributed by atoms with E-state index in [-0.39, 0.29) is 5.91 Å². The summed E-state index contributed by atoms with van der Waals surface area (Å²) < 4.78 is 5.28. The maximum Gasteiger partial charge on any atom is 0.236 e. The van der Waals surface area contributed by atoms with E-state index < -0.39 is 6.04 Å². The lowest BCUT2D eigenvalue weighted by molar-refractivity contribution is -0.122. The highest BCUT2D eigenvalue weighted by molar-refractivity contribution is 5.80. The predicted octanol–water partition coefficient (Wildman–Crippen LogP) is -0.972. The topological polar surface area (TPSA) is 67.6 Å². The Kier molecular flexibility index (Phi) is 7.37. The van der Waals surface area contributed by atoms with E-state index in [0.29, 0.717) is 19.8 Å². The van der Waals surface area contributed by atoms with Crippen LogP contribution in [-0.4, -0.2) is 57.2 Å². The number of likely N-dealkylation sites (N-methyl/N-ethyl adjacent to an activating group) is 1. The molecule has 0 aromatic carbocycles. The SMILES string of the molecule is C[C@@H](N)C(=O)NCCOCCN(C)C. The average molecular weight is 203 g/mol. The second-order valence-corrected chi connectivity index (χ2v) is 3.50. The van der Waals surface area contributed by atoms with Crippen LogP contribution >= 0.6 is 0 Å². The van der Waals surface area contributed by atoms with Gasteiger partial charge in [-0.2, -0.15) is 0 Å². The highest BCUT2D eigenvalue weighted by atomic mass is 16.5. The van der Waals surface area contributed by atoms with Crippen LogP contribution in [0.4, 0.5) is 0 Å². The molecule has 0 saturated heterocycles. The largest absolute Gasteiger partial charge is 0.378 e. The third-order valence-electron chi connectivity index (χ3n) is 1.64. The second kappa shape index (κ2) is 7.73. The minimum Gasteiger partial charge on any atom is -0.378 e. The summed E-state index contributed by atoms with van der Waals surface area (Å²) in [6, 6.07) is -0.447. The van der Waals surface area contributed by atoms with Crippen LogP contribution in [0.15, 0.2) is 0 Å². The van der Waals surface area contributed by atoms with Crippen LogP contribution in [0.2, 0.25) is 0 Å². The van der Waals surface area contributed by atoms with Crippen LogP contribution in [0.25, 0.3) is 0 Å². The number of hydrogen-bond donors (Lipinski definition) is 2. The number of hydrogen-bond acceptors (Lipinski definition) is 4. The molecule has 0 saturated carbocycles. The Hall–Kier alpha value is -0.650. The van der Waals surface area contributed by atoms with Gasteiger partial charge in [0.05, 0.1) is 19.3 Å². The Morgan fingerprint density at radius 1 is 1.50 bits per heavy atom. The minimum atomic E-state index is -0.447. The lowest BCUT2D eigenvalue weighted by atomic mass is 10.3. The van der Waals surface area contributed by atoms with Crippen molar-refractivity contribution in [1.82, 2.24) is 10.2 Å². The smallest absolute Gasteiger partial charge is 0.236 e. The maximum absolute atomic E-state index is 11.0. The molecule has 5 nitrogen and oxygen atoms in total. The fourth-order valence-corrected chi connectivity index (χ4v) is 0.757. The highest BCUT2D eigenvalue weighted by Crippen LogP contribution is 1.79. The zero-order chi connectivity index (χ0) is 11.0. The van der Waals surface area contributed by atoms with Crippen molar-refractivity contribution in [2.75, 3.05) is 40.4 Å². The van der Waals surface area contributed by atoms with Crippen LogP contribution in [0.5, 0.6) is 0 Å². The molecule has 0 aliphatic rings. The molecule has 84 valence electrons. The average Bonchev–Trinajstić information content (AvgIpc) is 2.09. The Morgan fingerprint density at radius 2 is 2.14 bits per heavy atom. The summed E-state index contributed by atoms with van der Waals surface area (Å²) in [6.45, 7) is 4.28. The van der Waals surface area contributed by atoms with Crippen LogP contribution < -0.4 is 11.1 Å². The zero-order valence-corrected chi connectivity index (χ0v) is 9.25. The summed E-state index contributed by atoms with van der Waals surface area (Å²) in [5, 5.41) is 2.67. The maximum atomic E-state index is 11.0. The van der Waals surface area contributed by atoms with Gasteiger partial charge in [0.15, 0.2) is 0 Å². The molecular formula is C9H21N3O2. The molecule has 0 radical (unpaired) electrons. The van der Waals surface area contributed by atoms with Crippen LogP contribution in [0.1, 0.15) is 6.92 Å².